The summed E-state index contributed by atoms with van der Waals surface area (Å²) in [6, 6.07) is 10.9. The second kappa shape index (κ2) is 8.28. The molecule has 0 unspecified atom stereocenters. The Balaban J connectivity index is 1.72. The molecule has 0 heterocycles. The van der Waals surface area contributed by atoms with Crippen LogP contribution < -0.4 is 16.1 Å². The zero-order valence-corrected chi connectivity index (χ0v) is 12.5. The molecule has 0 aromatic heterocycles. The number of benzene rings is 2. The average Bonchev–Trinajstić information content (AvgIpc) is 2.55. The van der Waals surface area contributed by atoms with Gasteiger partial charge in [-0.25, -0.2) is 14.6 Å². The molecule has 8 heteroatoms. The van der Waals surface area contributed by atoms with Crippen molar-refractivity contribution in [3.05, 3.63) is 59.9 Å². The van der Waals surface area contributed by atoms with E-state index in [0.29, 0.717) is 11.3 Å². The molecule has 2 rings (SSSR count). The summed E-state index contributed by atoms with van der Waals surface area (Å²) in [4.78, 5) is 23.1. The van der Waals surface area contributed by atoms with Crippen molar-refractivity contribution in [2.24, 2.45) is 5.10 Å². The molecule has 3 amide bonds. The summed E-state index contributed by atoms with van der Waals surface area (Å²) in [5.74, 6) is -0.852. The first-order valence-corrected chi connectivity index (χ1v) is 6.94. The van der Waals surface area contributed by atoms with Gasteiger partial charge in [-0.3, -0.25) is 4.79 Å². The Kier molecular flexibility index (Phi) is 5.84. The highest BCUT2D eigenvalue weighted by Crippen LogP contribution is 2.08. The van der Waals surface area contributed by atoms with E-state index >= 15 is 0 Å². The van der Waals surface area contributed by atoms with Crippen LogP contribution in [0.3, 0.4) is 0 Å². The van der Waals surface area contributed by atoms with Crippen LogP contribution in [0, 0.1) is 5.82 Å². The van der Waals surface area contributed by atoms with Gasteiger partial charge in [0, 0.05) is 5.69 Å². The predicted octanol–water partition coefficient (Wildman–Crippen LogP) is 1.80. The van der Waals surface area contributed by atoms with Crippen LogP contribution in [0.25, 0.3) is 0 Å². The third-order valence-electron chi connectivity index (χ3n) is 2.78. The molecule has 0 aliphatic rings. The second-order valence-electron chi connectivity index (χ2n) is 4.70. The van der Waals surface area contributed by atoms with Gasteiger partial charge in [-0.05, 0) is 42.0 Å². The molecule has 124 valence electrons. The minimum atomic E-state index is -0.603. The van der Waals surface area contributed by atoms with Crippen LogP contribution >= 0.6 is 0 Å². The number of phenols is 1. The number of hydrazone groups is 1. The quantitative estimate of drug-likeness (QED) is 0.496. The molecule has 4 N–H and O–H groups in total. The first kappa shape index (κ1) is 16.9. The molecule has 0 radical (unpaired) electrons. The Hall–Kier alpha value is -3.42. The molecule has 0 aliphatic heterocycles. The van der Waals surface area contributed by atoms with Crippen LogP contribution in [0.2, 0.25) is 0 Å². The maximum absolute atomic E-state index is 12.7. The van der Waals surface area contributed by atoms with E-state index in [1.807, 2.05) is 0 Å². The highest BCUT2D eigenvalue weighted by atomic mass is 19.1. The Morgan fingerprint density at radius 2 is 1.92 bits per heavy atom. The Morgan fingerprint density at radius 1 is 1.17 bits per heavy atom. The lowest BCUT2D eigenvalue weighted by Gasteiger charge is -2.06. The van der Waals surface area contributed by atoms with Crippen LogP contribution in [-0.4, -0.2) is 29.8 Å². The van der Waals surface area contributed by atoms with Gasteiger partial charge in [0.25, 0.3) is 5.91 Å². The van der Waals surface area contributed by atoms with Crippen molar-refractivity contribution in [2.45, 2.75) is 0 Å². The topological polar surface area (TPSA) is 103 Å². The third kappa shape index (κ3) is 5.76. The highest BCUT2D eigenvalue weighted by molar-refractivity contribution is 5.92. The molecule has 0 saturated carbocycles. The number of carbonyl (C=O) groups is 2. The zero-order valence-electron chi connectivity index (χ0n) is 12.5. The van der Waals surface area contributed by atoms with Crippen molar-refractivity contribution in [1.29, 1.82) is 0 Å². The van der Waals surface area contributed by atoms with E-state index in [4.69, 9.17) is 0 Å². The molecule has 2 aromatic carbocycles. The maximum Gasteiger partial charge on any atom is 0.319 e. The number of urea groups is 1. The van der Waals surface area contributed by atoms with Crippen molar-refractivity contribution in [3.8, 4) is 5.75 Å². The number of phenolic OH excluding ortho intramolecular Hbond substituents is 1. The molecule has 0 aliphatic carbocycles. The van der Waals surface area contributed by atoms with Gasteiger partial charge in [-0.1, -0.05) is 12.1 Å². The normalized spacial score (nSPS) is 10.4. The number of hydrogen-bond donors (Lipinski definition) is 4. The van der Waals surface area contributed by atoms with Crippen molar-refractivity contribution >= 4 is 23.8 Å². The van der Waals surface area contributed by atoms with E-state index in [1.54, 1.807) is 12.1 Å². The SMILES string of the molecule is O=C(CNC(=O)Nc1ccc(F)cc1)N/N=C\c1cccc(O)c1. The van der Waals surface area contributed by atoms with Gasteiger partial charge in [-0.2, -0.15) is 5.10 Å². The van der Waals surface area contributed by atoms with Crippen molar-refractivity contribution in [2.75, 3.05) is 11.9 Å². The number of rotatable bonds is 5. The first-order valence-electron chi connectivity index (χ1n) is 6.94. The van der Waals surface area contributed by atoms with E-state index < -0.39 is 17.8 Å². The van der Waals surface area contributed by atoms with Crippen LogP contribution in [0.4, 0.5) is 14.9 Å². The summed E-state index contributed by atoms with van der Waals surface area (Å²) < 4.78 is 12.7. The molecule has 2 aromatic rings. The van der Waals surface area contributed by atoms with Gasteiger partial charge in [0.15, 0.2) is 0 Å². The summed E-state index contributed by atoms with van der Waals surface area (Å²) >= 11 is 0. The lowest BCUT2D eigenvalue weighted by atomic mass is 10.2. The fourth-order valence-corrected chi connectivity index (χ4v) is 1.69. The summed E-state index contributed by atoms with van der Waals surface area (Å²) in [6.45, 7) is -0.287. The van der Waals surface area contributed by atoms with Crippen LogP contribution in [-0.2, 0) is 4.79 Å². The monoisotopic (exact) mass is 330 g/mol. The zero-order chi connectivity index (χ0) is 17.4. The molecule has 0 saturated heterocycles. The van der Waals surface area contributed by atoms with Crippen molar-refractivity contribution in [1.82, 2.24) is 10.7 Å². The van der Waals surface area contributed by atoms with E-state index in [1.165, 1.54) is 42.6 Å². The predicted molar refractivity (Wildman–Crippen MR) is 87.3 cm³/mol. The Labute approximate surface area is 137 Å². The number of anilines is 1. The molecule has 0 spiro atoms. The average molecular weight is 330 g/mol. The van der Waals surface area contributed by atoms with Crippen molar-refractivity contribution < 1.29 is 19.1 Å². The van der Waals surface area contributed by atoms with E-state index in [0.717, 1.165) is 0 Å². The number of aromatic hydroxyl groups is 1. The van der Waals surface area contributed by atoms with Gasteiger partial charge < -0.3 is 15.7 Å². The van der Waals surface area contributed by atoms with Crippen LogP contribution in [0.1, 0.15) is 5.56 Å². The number of nitrogens with zero attached hydrogens (tertiary/aromatic N) is 1. The number of halogens is 1. The van der Waals surface area contributed by atoms with Gasteiger partial charge in [-0.15, -0.1) is 0 Å². The molecule has 24 heavy (non-hydrogen) atoms. The van der Waals surface area contributed by atoms with E-state index in [-0.39, 0.29) is 12.3 Å². The fraction of sp³-hybridized carbons (Fsp3) is 0.0625. The molecule has 0 bridgehead atoms. The third-order valence-corrected chi connectivity index (χ3v) is 2.78. The number of amides is 3. The lowest BCUT2D eigenvalue weighted by Crippen LogP contribution is -2.37. The minimum Gasteiger partial charge on any atom is -0.508 e. The molecule has 0 atom stereocenters. The maximum atomic E-state index is 12.7. The van der Waals surface area contributed by atoms with Crippen molar-refractivity contribution in [3.63, 3.8) is 0 Å². The standard InChI is InChI=1S/C16H15FN4O3/c17-12-4-6-13(7-5-12)20-16(24)18-10-15(23)21-19-9-11-2-1-3-14(22)8-11/h1-9,22H,10H2,(H,21,23)(H2,18,20,24)/b19-9-. The van der Waals surface area contributed by atoms with Crippen LogP contribution in [0.15, 0.2) is 53.6 Å². The first-order chi connectivity index (χ1) is 11.5. The lowest BCUT2D eigenvalue weighted by molar-refractivity contribution is -0.120. The summed E-state index contributed by atoms with van der Waals surface area (Å²) in [6.07, 6.45) is 1.36. The van der Waals surface area contributed by atoms with Gasteiger partial charge >= 0.3 is 6.03 Å². The Morgan fingerprint density at radius 3 is 2.62 bits per heavy atom. The Bertz CT molecular complexity index is 747. The van der Waals surface area contributed by atoms with E-state index in [2.05, 4.69) is 21.2 Å². The van der Waals surface area contributed by atoms with Crippen LogP contribution in [0.5, 0.6) is 5.75 Å². The van der Waals surface area contributed by atoms with Gasteiger partial charge in [0.05, 0.1) is 6.21 Å². The summed E-state index contributed by atoms with van der Waals surface area (Å²) in [5, 5.41) is 17.8. The number of hydrogen-bond acceptors (Lipinski definition) is 4. The molecular weight excluding hydrogens is 315 g/mol. The molecule has 7 nitrogen and oxygen atoms in total. The number of carbonyl (C=O) groups excluding carboxylic acids is 2. The highest BCUT2D eigenvalue weighted by Gasteiger charge is 2.05. The molecule has 0 fully saturated rings. The largest absolute Gasteiger partial charge is 0.508 e. The summed E-state index contributed by atoms with van der Waals surface area (Å²) in [5.41, 5.74) is 3.24. The second-order valence-corrected chi connectivity index (χ2v) is 4.70. The summed E-state index contributed by atoms with van der Waals surface area (Å²) in [7, 11) is 0. The minimum absolute atomic E-state index is 0.0874. The van der Waals surface area contributed by atoms with Gasteiger partial charge in [0.2, 0.25) is 0 Å². The molecular formula is C16H15FN4O3. The fourth-order valence-electron chi connectivity index (χ4n) is 1.69. The van der Waals surface area contributed by atoms with Gasteiger partial charge in [0.1, 0.15) is 18.1 Å². The number of nitrogens with one attached hydrogen (secondary N) is 3. The van der Waals surface area contributed by atoms with E-state index in [9.17, 15) is 19.1 Å². The smallest absolute Gasteiger partial charge is 0.319 e.